The fraction of sp³-hybridized carbons (Fsp3) is 0.333. The summed E-state index contributed by atoms with van der Waals surface area (Å²) in [6.45, 7) is 3.65. The summed E-state index contributed by atoms with van der Waals surface area (Å²) in [7, 11) is 0. The number of amides is 2. The molecule has 0 aliphatic carbocycles. The summed E-state index contributed by atoms with van der Waals surface area (Å²) >= 11 is 0. The summed E-state index contributed by atoms with van der Waals surface area (Å²) in [6, 6.07) is 12.2. The third-order valence-electron chi connectivity index (χ3n) is 5.15. The summed E-state index contributed by atoms with van der Waals surface area (Å²) in [6.07, 6.45) is 2.77. The molecule has 2 unspecified atom stereocenters. The molecule has 2 atom stereocenters. The second kappa shape index (κ2) is 5.06. The number of rotatable bonds is 2. The Morgan fingerprint density at radius 3 is 2.96 bits per heavy atom. The van der Waals surface area contributed by atoms with E-state index in [2.05, 4.69) is 35.4 Å². The Bertz CT molecular complexity index is 757. The number of piperidine rings is 1. The molecule has 0 saturated carbocycles. The molecule has 4 heterocycles. The van der Waals surface area contributed by atoms with Crippen molar-refractivity contribution in [1.29, 1.82) is 0 Å². The molecule has 0 radical (unpaired) electrons. The highest BCUT2D eigenvalue weighted by atomic mass is 16.2. The molecule has 3 aliphatic heterocycles. The van der Waals surface area contributed by atoms with Gasteiger partial charge in [0.1, 0.15) is 0 Å². The molecule has 118 valence electrons. The third kappa shape index (κ3) is 2.04. The number of nitrogens with two attached hydrogens (primary N) is 1. The van der Waals surface area contributed by atoms with E-state index in [-0.39, 0.29) is 17.6 Å². The van der Waals surface area contributed by atoms with E-state index in [1.54, 1.807) is 6.20 Å². The molecule has 0 spiro atoms. The minimum absolute atomic E-state index is 0.209. The zero-order chi connectivity index (χ0) is 16.0. The first-order chi connectivity index (χ1) is 11.1. The van der Waals surface area contributed by atoms with Crippen LogP contribution in [0.15, 0.2) is 42.6 Å². The van der Waals surface area contributed by atoms with Gasteiger partial charge in [0, 0.05) is 30.9 Å². The lowest BCUT2D eigenvalue weighted by atomic mass is 9.70. The second-order valence-electron chi connectivity index (χ2n) is 6.47. The molecule has 3 N–H and O–H groups in total. The van der Waals surface area contributed by atoms with Gasteiger partial charge in [0.2, 0.25) is 0 Å². The number of pyridine rings is 1. The van der Waals surface area contributed by atoms with Gasteiger partial charge in [0.25, 0.3) is 0 Å². The lowest BCUT2D eigenvalue weighted by molar-refractivity contribution is -0.0622. The summed E-state index contributed by atoms with van der Waals surface area (Å²) < 4.78 is 0. The number of piperazine rings is 1. The fourth-order valence-electron chi connectivity index (χ4n) is 4.04. The van der Waals surface area contributed by atoms with Crippen LogP contribution >= 0.6 is 0 Å². The van der Waals surface area contributed by atoms with E-state index in [1.165, 1.54) is 5.56 Å². The molecule has 2 aromatic rings. The molecule has 2 bridgehead atoms. The number of aryl methyl sites for hydroxylation is 1. The molecule has 2 amide bonds. The molecule has 1 aromatic heterocycles. The van der Waals surface area contributed by atoms with E-state index < -0.39 is 0 Å². The van der Waals surface area contributed by atoms with Gasteiger partial charge in [-0.2, -0.15) is 0 Å². The minimum atomic E-state index is -0.331. The highest BCUT2D eigenvalue weighted by molar-refractivity contribution is 5.76. The van der Waals surface area contributed by atoms with Gasteiger partial charge in [0.15, 0.2) is 0 Å². The first kappa shape index (κ1) is 14.2. The maximum atomic E-state index is 11.9. The topological polar surface area (TPSA) is 71.2 Å². The Morgan fingerprint density at radius 1 is 1.39 bits per heavy atom. The van der Waals surface area contributed by atoms with Crippen molar-refractivity contribution >= 4 is 6.03 Å². The molecule has 3 fully saturated rings. The standard InChI is InChI=1S/C18H20N4O/c1-12-5-6-13(8-15(12)16-4-2-3-7-21-16)18-9-14(10-20-11-18)22(18)17(19)23/h2-8,14,20H,9-11H2,1H3,(H2,19,23). The van der Waals surface area contributed by atoms with Gasteiger partial charge < -0.3 is 16.0 Å². The number of hydrogen-bond donors (Lipinski definition) is 2. The number of urea groups is 1. The SMILES string of the molecule is Cc1ccc(C23CNCC(C2)N3C(N)=O)cc1-c1ccccn1. The average molecular weight is 308 g/mol. The predicted octanol–water partition coefficient (Wildman–Crippen LogP) is 2.01. The number of nitrogens with one attached hydrogen (secondary N) is 1. The van der Waals surface area contributed by atoms with Gasteiger partial charge in [-0.1, -0.05) is 18.2 Å². The number of benzene rings is 1. The molecular formula is C18H20N4O. The number of carbonyl (C=O) groups excluding carboxylic acids is 1. The van der Waals surface area contributed by atoms with Crippen LogP contribution in [0.5, 0.6) is 0 Å². The van der Waals surface area contributed by atoms with E-state index in [9.17, 15) is 4.79 Å². The first-order valence-corrected chi connectivity index (χ1v) is 7.94. The van der Waals surface area contributed by atoms with Crippen molar-refractivity contribution in [3.05, 3.63) is 53.7 Å². The van der Waals surface area contributed by atoms with Crippen molar-refractivity contribution in [2.24, 2.45) is 5.73 Å². The number of hydrogen-bond acceptors (Lipinski definition) is 3. The predicted molar refractivity (Wildman–Crippen MR) is 88.8 cm³/mol. The molecule has 5 nitrogen and oxygen atoms in total. The van der Waals surface area contributed by atoms with E-state index in [4.69, 9.17) is 5.73 Å². The highest BCUT2D eigenvalue weighted by Crippen LogP contribution is 2.47. The molecule has 3 aliphatic rings. The normalized spacial score (nSPS) is 25.8. The Morgan fingerprint density at radius 2 is 2.26 bits per heavy atom. The van der Waals surface area contributed by atoms with Crippen LogP contribution in [-0.4, -0.2) is 35.0 Å². The fourth-order valence-corrected chi connectivity index (χ4v) is 4.04. The van der Waals surface area contributed by atoms with Crippen LogP contribution in [0.3, 0.4) is 0 Å². The maximum absolute atomic E-state index is 11.9. The Hall–Kier alpha value is -2.40. The minimum Gasteiger partial charge on any atom is -0.351 e. The van der Waals surface area contributed by atoms with Crippen molar-refractivity contribution in [3.8, 4) is 11.3 Å². The number of carbonyl (C=O) groups is 1. The number of nitrogens with zero attached hydrogens (tertiary/aromatic N) is 2. The zero-order valence-corrected chi connectivity index (χ0v) is 13.1. The van der Waals surface area contributed by atoms with E-state index >= 15 is 0 Å². The largest absolute Gasteiger partial charge is 0.351 e. The second-order valence-corrected chi connectivity index (χ2v) is 6.47. The van der Waals surface area contributed by atoms with Gasteiger partial charge in [-0.25, -0.2) is 4.79 Å². The molecule has 5 rings (SSSR count). The summed E-state index contributed by atoms with van der Waals surface area (Å²) in [5.41, 5.74) is 9.69. The summed E-state index contributed by atoms with van der Waals surface area (Å²) in [5.74, 6) is 0. The van der Waals surface area contributed by atoms with E-state index in [0.29, 0.717) is 0 Å². The average Bonchev–Trinajstić information content (AvgIpc) is 2.55. The quantitative estimate of drug-likeness (QED) is 0.891. The Labute approximate surface area is 135 Å². The third-order valence-corrected chi connectivity index (χ3v) is 5.15. The van der Waals surface area contributed by atoms with Crippen LogP contribution in [0.2, 0.25) is 0 Å². The smallest absolute Gasteiger partial charge is 0.315 e. The van der Waals surface area contributed by atoms with Gasteiger partial charge in [-0.15, -0.1) is 0 Å². The highest BCUT2D eigenvalue weighted by Gasteiger charge is 2.57. The molecule has 23 heavy (non-hydrogen) atoms. The van der Waals surface area contributed by atoms with Crippen molar-refractivity contribution in [2.45, 2.75) is 24.9 Å². The zero-order valence-electron chi connectivity index (χ0n) is 13.1. The van der Waals surface area contributed by atoms with Crippen molar-refractivity contribution in [3.63, 3.8) is 0 Å². The lowest BCUT2D eigenvalue weighted by Gasteiger charge is -2.61. The van der Waals surface area contributed by atoms with Crippen LogP contribution in [0, 0.1) is 6.92 Å². The summed E-state index contributed by atoms with van der Waals surface area (Å²) in [4.78, 5) is 18.2. The van der Waals surface area contributed by atoms with Crippen molar-refractivity contribution in [2.75, 3.05) is 13.1 Å². The van der Waals surface area contributed by atoms with Crippen LogP contribution in [0.4, 0.5) is 4.79 Å². The number of aromatic nitrogens is 1. The van der Waals surface area contributed by atoms with Gasteiger partial charge in [-0.05, 0) is 42.7 Å². The van der Waals surface area contributed by atoms with Crippen LogP contribution < -0.4 is 11.1 Å². The number of fused-ring (bicyclic) bond motifs is 2. The van der Waals surface area contributed by atoms with Crippen LogP contribution in [0.1, 0.15) is 17.5 Å². The van der Waals surface area contributed by atoms with E-state index in [0.717, 1.165) is 36.3 Å². The molecule has 5 heteroatoms. The van der Waals surface area contributed by atoms with Gasteiger partial charge in [-0.3, -0.25) is 4.98 Å². The molecule has 3 saturated heterocycles. The van der Waals surface area contributed by atoms with Crippen molar-refractivity contribution in [1.82, 2.24) is 15.2 Å². The molecule has 1 aromatic carbocycles. The maximum Gasteiger partial charge on any atom is 0.315 e. The van der Waals surface area contributed by atoms with E-state index in [1.807, 2.05) is 23.1 Å². The van der Waals surface area contributed by atoms with Crippen LogP contribution in [0.25, 0.3) is 11.3 Å². The monoisotopic (exact) mass is 308 g/mol. The Kier molecular flexibility index (Phi) is 3.13. The molecular weight excluding hydrogens is 288 g/mol. The Balaban J connectivity index is 1.80. The van der Waals surface area contributed by atoms with Gasteiger partial charge in [0.05, 0.1) is 11.2 Å². The van der Waals surface area contributed by atoms with Crippen molar-refractivity contribution < 1.29 is 4.79 Å². The summed E-state index contributed by atoms with van der Waals surface area (Å²) in [5, 5.41) is 3.42. The van der Waals surface area contributed by atoms with Crippen LogP contribution in [-0.2, 0) is 5.54 Å². The lowest BCUT2D eigenvalue weighted by Crippen LogP contribution is -2.76. The van der Waals surface area contributed by atoms with Gasteiger partial charge >= 0.3 is 6.03 Å². The first-order valence-electron chi connectivity index (χ1n) is 7.94. The number of primary amides is 1.